The number of aromatic nitrogens is 2. The highest BCUT2D eigenvalue weighted by atomic mass is 35.5. The molecule has 14 nitrogen and oxygen atoms in total. The number of primary amides is 1. The van der Waals surface area contributed by atoms with Crippen molar-refractivity contribution in [2.45, 2.75) is 88.2 Å². The summed E-state index contributed by atoms with van der Waals surface area (Å²) in [6.45, 7) is 8.49. The minimum Gasteiger partial charge on any atom is -0.488 e. The van der Waals surface area contributed by atoms with Crippen LogP contribution in [0.1, 0.15) is 104 Å². The highest BCUT2D eigenvalue weighted by molar-refractivity contribution is 6.34. The van der Waals surface area contributed by atoms with Crippen molar-refractivity contribution in [1.82, 2.24) is 30.2 Å². The van der Waals surface area contributed by atoms with Crippen molar-refractivity contribution in [3.63, 3.8) is 0 Å². The summed E-state index contributed by atoms with van der Waals surface area (Å²) in [5.74, 6) is -1.22. The van der Waals surface area contributed by atoms with Gasteiger partial charge in [-0.2, -0.15) is 5.10 Å². The molecule has 72 heavy (non-hydrogen) atoms. The number of likely N-dealkylation sites (tertiary alicyclic amines) is 2. The number of aliphatic hydroxyl groups is 1. The van der Waals surface area contributed by atoms with Crippen molar-refractivity contribution in [3.05, 3.63) is 106 Å². The van der Waals surface area contributed by atoms with Crippen LogP contribution < -0.4 is 30.7 Å². The van der Waals surface area contributed by atoms with Gasteiger partial charge in [-0.25, -0.2) is 13.6 Å². The van der Waals surface area contributed by atoms with Gasteiger partial charge in [0.1, 0.15) is 18.2 Å². The molecule has 0 bridgehead atoms. The molecule has 5 heterocycles. The minimum atomic E-state index is -1.02. The van der Waals surface area contributed by atoms with E-state index in [0.29, 0.717) is 48.3 Å². The number of nitrogens with one attached hydrogen (secondary N) is 2. The van der Waals surface area contributed by atoms with Gasteiger partial charge >= 0.3 is 6.03 Å². The summed E-state index contributed by atoms with van der Waals surface area (Å²) in [7, 11) is 1.91. The molecule has 0 radical (unpaired) electrons. The van der Waals surface area contributed by atoms with Gasteiger partial charge in [0, 0.05) is 73.2 Å². The number of amides is 4. The largest absolute Gasteiger partial charge is 0.488 e. The Hall–Kier alpha value is -5.65. The fourth-order valence-electron chi connectivity index (χ4n) is 12.5. The maximum absolute atomic E-state index is 16.5. The lowest BCUT2D eigenvalue weighted by Gasteiger charge is -2.43. The molecule has 4 amide bonds. The van der Waals surface area contributed by atoms with Crippen molar-refractivity contribution >= 4 is 46.2 Å². The molecule has 382 valence electrons. The number of anilines is 1. The highest BCUT2D eigenvalue weighted by Crippen LogP contribution is 2.56. The van der Waals surface area contributed by atoms with Crippen molar-refractivity contribution in [2.24, 2.45) is 24.6 Å². The predicted octanol–water partition coefficient (Wildman–Crippen LogP) is 8.22. The Balaban J connectivity index is 0.717. The summed E-state index contributed by atoms with van der Waals surface area (Å²) in [6.07, 6.45) is 9.50. The summed E-state index contributed by atoms with van der Waals surface area (Å²) in [5.41, 5.74) is 7.91. The number of carbonyl (C=O) groups excluding carboxylic acids is 3. The van der Waals surface area contributed by atoms with Crippen LogP contribution in [0.25, 0.3) is 22.0 Å². The lowest BCUT2D eigenvalue weighted by molar-refractivity contribution is -0.120. The Morgan fingerprint density at radius 2 is 1.68 bits per heavy atom. The third kappa shape index (κ3) is 9.68. The molecule has 10 rings (SSSR count). The number of aliphatic hydroxyl groups excluding tert-OH is 1. The Morgan fingerprint density at radius 3 is 2.39 bits per heavy atom. The molecule has 17 heteroatoms. The molecule has 1 saturated carbocycles. The number of aryl methyl sites for hydroxylation is 1. The van der Waals surface area contributed by atoms with E-state index in [9.17, 15) is 19.5 Å². The van der Waals surface area contributed by atoms with Gasteiger partial charge in [0.2, 0.25) is 11.8 Å². The smallest absolute Gasteiger partial charge is 0.329 e. The van der Waals surface area contributed by atoms with Gasteiger partial charge in [-0.1, -0.05) is 54.9 Å². The van der Waals surface area contributed by atoms with E-state index in [1.165, 1.54) is 49.4 Å². The second kappa shape index (κ2) is 21.1. The molecule has 5 N–H and O–H groups in total. The van der Waals surface area contributed by atoms with Gasteiger partial charge in [-0.15, -0.1) is 0 Å². The van der Waals surface area contributed by atoms with E-state index >= 15 is 8.78 Å². The zero-order valence-corrected chi connectivity index (χ0v) is 41.9. The molecule has 0 spiro atoms. The first-order valence-electron chi connectivity index (χ1n) is 25.7. The number of halogens is 3. The van der Waals surface area contributed by atoms with Crippen LogP contribution in [0.3, 0.4) is 0 Å². The van der Waals surface area contributed by atoms with Crippen LogP contribution in [0.2, 0.25) is 5.02 Å². The quantitative estimate of drug-likeness (QED) is 0.0803. The molecule has 4 aromatic carbocycles. The molecule has 3 saturated heterocycles. The van der Waals surface area contributed by atoms with Crippen molar-refractivity contribution in [3.8, 4) is 22.6 Å². The fourth-order valence-corrected chi connectivity index (χ4v) is 12.7. The first kappa shape index (κ1) is 49.9. The number of ether oxygens (including phenoxy) is 2. The van der Waals surface area contributed by atoms with Crippen LogP contribution in [-0.2, 0) is 17.4 Å². The zero-order valence-electron chi connectivity index (χ0n) is 41.1. The van der Waals surface area contributed by atoms with Crippen molar-refractivity contribution in [2.75, 3.05) is 70.5 Å². The lowest BCUT2D eigenvalue weighted by Crippen LogP contribution is -2.49. The minimum absolute atomic E-state index is 0.0124. The van der Waals surface area contributed by atoms with E-state index < -0.39 is 35.1 Å². The average Bonchev–Trinajstić information content (AvgIpc) is 3.86. The first-order chi connectivity index (χ1) is 34.8. The van der Waals surface area contributed by atoms with Crippen molar-refractivity contribution < 1.29 is 37.7 Å². The summed E-state index contributed by atoms with van der Waals surface area (Å²) in [5, 5.41) is 20.8. The van der Waals surface area contributed by atoms with Gasteiger partial charge in [0.15, 0.2) is 23.0 Å². The molecule has 1 aromatic heterocycles. The van der Waals surface area contributed by atoms with E-state index in [4.69, 9.17) is 26.8 Å². The number of hydrogen-bond acceptors (Lipinski definition) is 10. The summed E-state index contributed by atoms with van der Waals surface area (Å²) < 4.78 is 46.4. The second-order valence-electron chi connectivity index (χ2n) is 20.6. The van der Waals surface area contributed by atoms with E-state index in [1.807, 2.05) is 49.0 Å². The Morgan fingerprint density at radius 1 is 0.944 bits per heavy atom. The van der Waals surface area contributed by atoms with E-state index in [1.54, 1.807) is 4.90 Å². The molecule has 5 aliphatic rings. The molecular formula is C55H65ClF2N8O6. The molecule has 5 aromatic rings. The number of rotatable bonds is 15. The topological polar surface area (TPSA) is 168 Å². The number of carbonyl (C=O) groups is 3. The molecule has 1 aliphatic carbocycles. The van der Waals surface area contributed by atoms with E-state index in [-0.39, 0.29) is 58.8 Å². The highest BCUT2D eigenvalue weighted by Gasteiger charge is 2.50. The van der Waals surface area contributed by atoms with Gasteiger partial charge in [-0.05, 0) is 137 Å². The molecule has 4 aliphatic heterocycles. The van der Waals surface area contributed by atoms with Gasteiger partial charge in [-0.3, -0.25) is 24.5 Å². The summed E-state index contributed by atoms with van der Waals surface area (Å²) >= 11 is 6.73. The summed E-state index contributed by atoms with van der Waals surface area (Å²) in [4.78, 5) is 44.1. The monoisotopic (exact) mass is 1010 g/mol. The standard InChI is InChI=1S/C55H65ClF2N8O6/c1-33-47-45(29-42(57)50(56)49(47)48-41(52(59)69)14-15-44(51(48)58)71-27-26-67)72-55(33,38-6-4-3-5-7-38)32-60-30-34-8-10-35(11-9-34)31-64-21-18-39(19-22-64)65-23-16-36(17-24-65)37-12-13-40-43(28-37)63(2)62-53(40)66-25-20-46(68)61-54(66)70/h3-7,12-15,28-29,33-36,39,60,67H,8-11,16-27,30-32H2,1-2H3,(H2,59,69)(H,61,68,70). The molecule has 4 fully saturated rings. The molecular weight excluding hydrogens is 942 g/mol. The lowest BCUT2D eigenvalue weighted by atomic mass is 9.77. The first-order valence-corrected chi connectivity index (χ1v) is 26.1. The summed E-state index contributed by atoms with van der Waals surface area (Å²) in [6, 6.07) is 20.3. The number of imide groups is 1. The maximum Gasteiger partial charge on any atom is 0.329 e. The van der Waals surface area contributed by atoms with Gasteiger partial charge in [0.05, 0.1) is 22.7 Å². The normalized spacial score (nSPS) is 23.6. The van der Waals surface area contributed by atoms with Gasteiger partial charge in [0.25, 0.3) is 0 Å². The SMILES string of the molecule is CC1c2c(cc(F)c(Cl)c2-c2c(C(N)=O)ccc(OCCO)c2F)OC1(CNCC1CCC(CN2CCC(N3CCC(c4ccc5c(N6CCC(=O)NC6=O)nn(C)c5c4)CC3)CC2)CC1)c1ccccc1. The number of fused-ring (bicyclic) bond motifs is 2. The Labute approximate surface area is 424 Å². The maximum atomic E-state index is 16.5. The molecule has 2 atom stereocenters. The van der Waals surface area contributed by atoms with Crippen LogP contribution in [0.4, 0.5) is 19.4 Å². The van der Waals surface area contributed by atoms with Crippen molar-refractivity contribution in [1.29, 1.82) is 0 Å². The predicted molar refractivity (Wildman–Crippen MR) is 273 cm³/mol. The number of benzene rings is 4. The van der Waals surface area contributed by atoms with E-state index in [2.05, 4.69) is 43.7 Å². The number of nitrogens with two attached hydrogens (primary N) is 1. The number of piperidine rings is 2. The van der Waals surface area contributed by atoms with Crippen LogP contribution in [-0.4, -0.2) is 114 Å². The third-order valence-electron chi connectivity index (χ3n) is 16.4. The Bertz CT molecular complexity index is 2830. The number of urea groups is 1. The Kier molecular flexibility index (Phi) is 14.6. The third-order valence-corrected chi connectivity index (χ3v) is 16.8. The van der Waals surface area contributed by atoms with Crippen LogP contribution in [0.5, 0.6) is 11.5 Å². The van der Waals surface area contributed by atoms with Crippen LogP contribution in [0.15, 0.2) is 66.7 Å². The van der Waals surface area contributed by atoms with Gasteiger partial charge < -0.3 is 35.4 Å². The van der Waals surface area contributed by atoms with Crippen LogP contribution in [0, 0.1) is 23.5 Å². The van der Waals surface area contributed by atoms with E-state index in [0.717, 1.165) is 81.4 Å². The zero-order chi connectivity index (χ0) is 50.3. The average molecular weight is 1010 g/mol. The molecule has 2 unspecified atom stereocenters. The number of hydrogen-bond donors (Lipinski definition) is 4. The van der Waals surface area contributed by atoms with Crippen LogP contribution >= 0.6 is 11.6 Å². The fraction of sp³-hybridized carbons (Fsp3) is 0.491. The second-order valence-corrected chi connectivity index (χ2v) is 21.0. The number of nitrogens with zero attached hydrogens (tertiary/aromatic N) is 5.